The second kappa shape index (κ2) is 4.04. The fourth-order valence-corrected chi connectivity index (χ4v) is 3.58. The van der Waals surface area contributed by atoms with Gasteiger partial charge in [-0.15, -0.1) is 0 Å². The lowest BCUT2D eigenvalue weighted by Gasteiger charge is -2.39. The number of hydrogen-bond donors (Lipinski definition) is 1. The number of nitrogens with one attached hydrogen (secondary N) is 1. The van der Waals surface area contributed by atoms with Gasteiger partial charge < -0.3 is 9.88 Å². The normalized spacial score (nSPS) is 22.0. The second-order valence-electron chi connectivity index (χ2n) is 5.55. The molecule has 1 amide bonds. The molecule has 2 aliphatic heterocycles. The highest BCUT2D eigenvalue weighted by atomic mass is 19.2. The van der Waals surface area contributed by atoms with Gasteiger partial charge in [-0.05, 0) is 37.0 Å². The van der Waals surface area contributed by atoms with Crippen molar-refractivity contribution in [2.24, 2.45) is 0 Å². The molecule has 2 aliphatic rings. The number of rotatable bonds is 0. The average Bonchev–Trinajstić information content (AvgIpc) is 2.83. The van der Waals surface area contributed by atoms with Crippen LogP contribution < -0.4 is 0 Å². The SMILES string of the molecule is O=C1CCC[C@H]2c3[nH]c4ccc(F)c(F)c4c3CCN12. The maximum absolute atomic E-state index is 14.0. The lowest BCUT2D eigenvalue weighted by Crippen LogP contribution is -2.42. The topological polar surface area (TPSA) is 36.1 Å². The van der Waals surface area contributed by atoms with Crippen molar-refractivity contribution in [2.45, 2.75) is 31.7 Å². The molecule has 5 heteroatoms. The van der Waals surface area contributed by atoms with E-state index in [4.69, 9.17) is 0 Å². The molecule has 1 fully saturated rings. The van der Waals surface area contributed by atoms with E-state index < -0.39 is 11.6 Å². The van der Waals surface area contributed by atoms with Crippen molar-refractivity contribution in [3.63, 3.8) is 0 Å². The first-order chi connectivity index (χ1) is 9.66. The summed E-state index contributed by atoms with van der Waals surface area (Å²) in [7, 11) is 0. The molecule has 3 nitrogen and oxygen atoms in total. The number of amides is 1. The van der Waals surface area contributed by atoms with E-state index in [1.807, 2.05) is 4.90 Å². The monoisotopic (exact) mass is 276 g/mol. The van der Waals surface area contributed by atoms with Crippen molar-refractivity contribution in [1.82, 2.24) is 9.88 Å². The van der Waals surface area contributed by atoms with Gasteiger partial charge in [-0.25, -0.2) is 8.78 Å². The molecule has 1 aromatic heterocycles. The molecule has 0 spiro atoms. The minimum absolute atomic E-state index is 0.00476. The predicted octanol–water partition coefficient (Wildman–Crippen LogP) is 3.06. The van der Waals surface area contributed by atoms with Crippen LogP contribution in [-0.2, 0) is 11.2 Å². The van der Waals surface area contributed by atoms with Crippen molar-refractivity contribution in [1.29, 1.82) is 0 Å². The number of aromatic amines is 1. The van der Waals surface area contributed by atoms with Crippen LogP contribution in [-0.4, -0.2) is 22.3 Å². The maximum Gasteiger partial charge on any atom is 0.223 e. The quantitative estimate of drug-likeness (QED) is 0.788. The Morgan fingerprint density at radius 2 is 2.10 bits per heavy atom. The van der Waals surface area contributed by atoms with E-state index in [1.165, 1.54) is 0 Å². The van der Waals surface area contributed by atoms with Crippen LogP contribution >= 0.6 is 0 Å². The zero-order valence-electron chi connectivity index (χ0n) is 10.9. The fourth-order valence-electron chi connectivity index (χ4n) is 3.58. The lowest BCUT2D eigenvalue weighted by atomic mass is 9.90. The molecule has 0 radical (unpaired) electrons. The molecule has 3 heterocycles. The first kappa shape index (κ1) is 11.9. The van der Waals surface area contributed by atoms with Gasteiger partial charge in [0.05, 0.1) is 6.04 Å². The third kappa shape index (κ3) is 1.46. The standard InChI is InChI=1S/C15H14F2N2O/c16-9-4-5-10-13(14(9)17)8-6-7-19-11(15(8)18-10)2-1-3-12(19)20/h4-5,11,18H,1-3,6-7H2/t11-/m0/s1. The highest BCUT2D eigenvalue weighted by Gasteiger charge is 2.36. The summed E-state index contributed by atoms with van der Waals surface area (Å²) in [4.78, 5) is 17.0. The van der Waals surface area contributed by atoms with E-state index in [1.54, 1.807) is 6.07 Å². The Morgan fingerprint density at radius 3 is 2.95 bits per heavy atom. The summed E-state index contributed by atoms with van der Waals surface area (Å²) >= 11 is 0. The van der Waals surface area contributed by atoms with Crippen LogP contribution in [0.3, 0.4) is 0 Å². The molecule has 0 unspecified atom stereocenters. The number of aromatic nitrogens is 1. The average molecular weight is 276 g/mol. The molecule has 2 aromatic rings. The highest BCUT2D eigenvalue weighted by molar-refractivity contribution is 5.87. The van der Waals surface area contributed by atoms with Crippen LogP contribution in [0.1, 0.15) is 36.6 Å². The Bertz CT molecular complexity index is 722. The first-order valence-corrected chi connectivity index (χ1v) is 6.94. The van der Waals surface area contributed by atoms with Crippen molar-refractivity contribution in [2.75, 3.05) is 6.54 Å². The Balaban J connectivity index is 1.93. The largest absolute Gasteiger partial charge is 0.356 e. The Kier molecular flexibility index (Phi) is 2.40. The van der Waals surface area contributed by atoms with Gasteiger partial charge >= 0.3 is 0 Å². The van der Waals surface area contributed by atoms with Crippen LogP contribution in [0.5, 0.6) is 0 Å². The summed E-state index contributed by atoms with van der Waals surface area (Å²) in [5, 5.41) is 0.359. The van der Waals surface area contributed by atoms with E-state index >= 15 is 0 Å². The van der Waals surface area contributed by atoms with Gasteiger partial charge in [0.25, 0.3) is 0 Å². The zero-order valence-corrected chi connectivity index (χ0v) is 10.9. The predicted molar refractivity (Wildman–Crippen MR) is 70.2 cm³/mol. The van der Waals surface area contributed by atoms with E-state index in [0.29, 0.717) is 30.3 Å². The third-order valence-electron chi connectivity index (χ3n) is 4.49. The summed E-state index contributed by atoms with van der Waals surface area (Å²) in [6.45, 7) is 0.597. The lowest BCUT2D eigenvalue weighted by molar-refractivity contribution is -0.137. The third-order valence-corrected chi connectivity index (χ3v) is 4.49. The fraction of sp³-hybridized carbons (Fsp3) is 0.400. The van der Waals surface area contributed by atoms with Gasteiger partial charge in [0.2, 0.25) is 5.91 Å². The summed E-state index contributed by atoms with van der Waals surface area (Å²) in [6, 6.07) is 2.71. The zero-order chi connectivity index (χ0) is 13.9. The summed E-state index contributed by atoms with van der Waals surface area (Å²) < 4.78 is 27.5. The van der Waals surface area contributed by atoms with E-state index in [9.17, 15) is 13.6 Å². The number of carbonyl (C=O) groups excluding carboxylic acids is 1. The number of hydrogen-bond acceptors (Lipinski definition) is 1. The molecule has 1 atom stereocenters. The number of fused-ring (bicyclic) bond motifs is 5. The van der Waals surface area contributed by atoms with Gasteiger partial charge in [-0.2, -0.15) is 0 Å². The summed E-state index contributed by atoms with van der Waals surface area (Å²) in [6.07, 6.45) is 2.91. The Hall–Kier alpha value is -1.91. The van der Waals surface area contributed by atoms with Crippen LogP contribution in [0.2, 0.25) is 0 Å². The van der Waals surface area contributed by atoms with Crippen molar-refractivity contribution >= 4 is 16.8 Å². The molecular formula is C15H14F2N2O. The molecule has 0 aliphatic carbocycles. The Morgan fingerprint density at radius 1 is 1.25 bits per heavy atom. The number of benzene rings is 1. The smallest absolute Gasteiger partial charge is 0.223 e. The number of halogens is 2. The van der Waals surface area contributed by atoms with Crippen molar-refractivity contribution < 1.29 is 13.6 Å². The number of carbonyl (C=O) groups is 1. The number of piperidine rings is 1. The molecule has 0 saturated carbocycles. The van der Waals surface area contributed by atoms with Crippen LogP contribution in [0.4, 0.5) is 8.78 Å². The molecule has 4 rings (SSSR count). The van der Waals surface area contributed by atoms with Gasteiger partial charge in [0.15, 0.2) is 11.6 Å². The minimum Gasteiger partial charge on any atom is -0.356 e. The van der Waals surface area contributed by atoms with E-state index in [2.05, 4.69) is 4.98 Å². The number of nitrogens with zero attached hydrogens (tertiary/aromatic N) is 1. The summed E-state index contributed by atoms with van der Waals surface area (Å²) in [5.74, 6) is -1.44. The number of H-pyrrole nitrogens is 1. The molecule has 1 aromatic carbocycles. The molecule has 20 heavy (non-hydrogen) atoms. The van der Waals surface area contributed by atoms with Gasteiger partial charge in [-0.1, -0.05) is 0 Å². The van der Waals surface area contributed by atoms with Crippen molar-refractivity contribution in [3.05, 3.63) is 35.0 Å². The van der Waals surface area contributed by atoms with Crippen LogP contribution in [0.25, 0.3) is 10.9 Å². The minimum atomic E-state index is -0.818. The van der Waals surface area contributed by atoms with Gasteiger partial charge in [0, 0.05) is 29.6 Å². The van der Waals surface area contributed by atoms with Crippen LogP contribution in [0, 0.1) is 11.6 Å². The van der Waals surface area contributed by atoms with Crippen molar-refractivity contribution in [3.8, 4) is 0 Å². The molecule has 1 N–H and O–H groups in total. The highest BCUT2D eigenvalue weighted by Crippen LogP contribution is 2.40. The Labute approximate surface area is 114 Å². The van der Waals surface area contributed by atoms with E-state index in [0.717, 1.165) is 30.2 Å². The molecule has 104 valence electrons. The maximum atomic E-state index is 14.0. The first-order valence-electron chi connectivity index (χ1n) is 6.94. The summed E-state index contributed by atoms with van der Waals surface area (Å²) in [5.41, 5.74) is 2.35. The van der Waals surface area contributed by atoms with Gasteiger partial charge in [-0.3, -0.25) is 4.79 Å². The molecule has 0 bridgehead atoms. The second-order valence-corrected chi connectivity index (χ2v) is 5.55. The van der Waals surface area contributed by atoms with Crippen LogP contribution in [0.15, 0.2) is 12.1 Å². The van der Waals surface area contributed by atoms with Gasteiger partial charge in [0.1, 0.15) is 0 Å². The molecular weight excluding hydrogens is 262 g/mol. The van der Waals surface area contributed by atoms with E-state index in [-0.39, 0.29) is 11.9 Å². The molecule has 1 saturated heterocycles.